The number of fused-ring (bicyclic) bond motifs is 1. The van der Waals surface area contributed by atoms with Crippen molar-refractivity contribution in [3.63, 3.8) is 0 Å². The SMILES string of the molecule is Cc1nc2cc(NC(=O)c3sc(-c4ccccc4)nc3C)ccc2o1. The van der Waals surface area contributed by atoms with Crippen LogP contribution in [0.5, 0.6) is 0 Å². The van der Waals surface area contributed by atoms with Crippen LogP contribution in [0, 0.1) is 13.8 Å². The molecule has 5 nitrogen and oxygen atoms in total. The van der Waals surface area contributed by atoms with E-state index in [-0.39, 0.29) is 5.91 Å². The third-order valence-corrected chi connectivity index (χ3v) is 4.98. The summed E-state index contributed by atoms with van der Waals surface area (Å²) in [5.41, 5.74) is 3.84. The van der Waals surface area contributed by atoms with E-state index in [1.165, 1.54) is 11.3 Å². The second kappa shape index (κ2) is 6.14. The number of hydrogen-bond acceptors (Lipinski definition) is 5. The van der Waals surface area contributed by atoms with Gasteiger partial charge in [0.15, 0.2) is 11.5 Å². The van der Waals surface area contributed by atoms with Gasteiger partial charge >= 0.3 is 0 Å². The fourth-order valence-corrected chi connectivity index (χ4v) is 3.59. The van der Waals surface area contributed by atoms with Gasteiger partial charge in [-0.1, -0.05) is 30.3 Å². The number of benzene rings is 2. The third kappa shape index (κ3) is 3.04. The van der Waals surface area contributed by atoms with Crippen molar-refractivity contribution in [2.45, 2.75) is 13.8 Å². The molecule has 0 bridgehead atoms. The van der Waals surface area contributed by atoms with Crippen molar-refractivity contribution in [3.8, 4) is 10.6 Å². The molecule has 4 aromatic rings. The Morgan fingerprint density at radius 3 is 2.68 bits per heavy atom. The summed E-state index contributed by atoms with van der Waals surface area (Å²) in [5, 5.41) is 3.75. The first-order valence-corrected chi connectivity index (χ1v) is 8.63. The van der Waals surface area contributed by atoms with Crippen molar-refractivity contribution in [2.75, 3.05) is 5.32 Å². The minimum atomic E-state index is -0.170. The predicted molar refractivity (Wildman–Crippen MR) is 99.0 cm³/mol. The molecule has 0 fully saturated rings. The first-order valence-electron chi connectivity index (χ1n) is 7.81. The molecule has 0 saturated heterocycles. The highest BCUT2D eigenvalue weighted by molar-refractivity contribution is 7.17. The van der Waals surface area contributed by atoms with Gasteiger partial charge in [-0.25, -0.2) is 9.97 Å². The molecule has 2 aromatic carbocycles. The number of carbonyl (C=O) groups excluding carboxylic acids is 1. The van der Waals surface area contributed by atoms with E-state index < -0.39 is 0 Å². The molecular formula is C19H15N3O2S. The predicted octanol–water partition coefficient (Wildman–Crippen LogP) is 4.82. The quantitative estimate of drug-likeness (QED) is 0.576. The fraction of sp³-hybridized carbons (Fsp3) is 0.105. The molecule has 6 heteroatoms. The summed E-state index contributed by atoms with van der Waals surface area (Å²) in [5.74, 6) is 0.432. The van der Waals surface area contributed by atoms with Gasteiger partial charge in [0, 0.05) is 18.2 Å². The van der Waals surface area contributed by atoms with Crippen molar-refractivity contribution in [1.82, 2.24) is 9.97 Å². The van der Waals surface area contributed by atoms with E-state index in [2.05, 4.69) is 15.3 Å². The number of rotatable bonds is 3. The maximum atomic E-state index is 12.6. The summed E-state index contributed by atoms with van der Waals surface area (Å²) in [6.07, 6.45) is 0. The highest BCUT2D eigenvalue weighted by Gasteiger charge is 2.16. The minimum absolute atomic E-state index is 0.170. The third-order valence-electron chi connectivity index (χ3n) is 3.78. The monoisotopic (exact) mass is 349 g/mol. The van der Waals surface area contributed by atoms with Crippen LogP contribution >= 0.6 is 11.3 Å². The van der Waals surface area contributed by atoms with E-state index in [0.717, 1.165) is 21.8 Å². The second-order valence-electron chi connectivity index (χ2n) is 5.67. The molecule has 0 unspecified atom stereocenters. The number of hydrogen-bond donors (Lipinski definition) is 1. The van der Waals surface area contributed by atoms with Gasteiger partial charge in [-0.15, -0.1) is 11.3 Å². The number of aromatic nitrogens is 2. The summed E-state index contributed by atoms with van der Waals surface area (Å²) >= 11 is 1.39. The molecular weight excluding hydrogens is 334 g/mol. The van der Waals surface area contributed by atoms with Crippen molar-refractivity contribution < 1.29 is 9.21 Å². The van der Waals surface area contributed by atoms with E-state index in [4.69, 9.17) is 4.42 Å². The standard InChI is InChI=1S/C19H15N3O2S/c1-11-17(25-19(20-11)13-6-4-3-5-7-13)18(23)22-14-8-9-16-15(10-14)21-12(2)24-16/h3-10H,1-2H3,(H,22,23). The van der Waals surface area contributed by atoms with Gasteiger partial charge < -0.3 is 9.73 Å². The van der Waals surface area contributed by atoms with Crippen LogP contribution in [0.2, 0.25) is 0 Å². The van der Waals surface area contributed by atoms with Crippen LogP contribution in [0.4, 0.5) is 5.69 Å². The molecule has 124 valence electrons. The number of aryl methyl sites for hydroxylation is 2. The van der Waals surface area contributed by atoms with Gasteiger partial charge in [0.1, 0.15) is 15.4 Å². The van der Waals surface area contributed by atoms with Crippen LogP contribution in [0.1, 0.15) is 21.3 Å². The van der Waals surface area contributed by atoms with Gasteiger partial charge in [-0.3, -0.25) is 4.79 Å². The van der Waals surface area contributed by atoms with E-state index in [1.807, 2.05) is 37.3 Å². The smallest absolute Gasteiger partial charge is 0.267 e. The molecule has 0 spiro atoms. The number of oxazole rings is 1. The van der Waals surface area contributed by atoms with E-state index >= 15 is 0 Å². The average molecular weight is 349 g/mol. The Morgan fingerprint density at radius 1 is 1.08 bits per heavy atom. The Bertz CT molecular complexity index is 1070. The normalized spacial score (nSPS) is 11.0. The second-order valence-corrected chi connectivity index (χ2v) is 6.67. The molecule has 0 aliphatic carbocycles. The number of thiazole rings is 1. The Hall–Kier alpha value is -2.99. The van der Waals surface area contributed by atoms with E-state index in [0.29, 0.717) is 22.0 Å². The highest BCUT2D eigenvalue weighted by Crippen LogP contribution is 2.28. The Labute approximate surface area is 148 Å². The largest absolute Gasteiger partial charge is 0.441 e. The first kappa shape index (κ1) is 15.5. The van der Waals surface area contributed by atoms with Gasteiger partial charge in [0.2, 0.25) is 0 Å². The van der Waals surface area contributed by atoms with Crippen LogP contribution in [-0.4, -0.2) is 15.9 Å². The lowest BCUT2D eigenvalue weighted by atomic mass is 10.2. The van der Waals surface area contributed by atoms with Crippen LogP contribution in [-0.2, 0) is 0 Å². The molecule has 1 N–H and O–H groups in total. The maximum absolute atomic E-state index is 12.6. The summed E-state index contributed by atoms with van der Waals surface area (Å²) in [7, 11) is 0. The number of anilines is 1. The van der Waals surface area contributed by atoms with Gasteiger partial charge in [0.05, 0.1) is 5.69 Å². The lowest BCUT2D eigenvalue weighted by molar-refractivity contribution is 0.103. The van der Waals surface area contributed by atoms with Crippen LogP contribution < -0.4 is 5.32 Å². The minimum Gasteiger partial charge on any atom is -0.441 e. The van der Waals surface area contributed by atoms with Crippen molar-refractivity contribution in [1.29, 1.82) is 0 Å². The molecule has 2 aromatic heterocycles. The molecule has 0 saturated carbocycles. The van der Waals surface area contributed by atoms with E-state index in [9.17, 15) is 4.79 Å². The van der Waals surface area contributed by atoms with Crippen LogP contribution in [0.25, 0.3) is 21.7 Å². The molecule has 0 aliphatic rings. The molecule has 2 heterocycles. The van der Waals surface area contributed by atoms with Crippen molar-refractivity contribution in [3.05, 3.63) is 65.0 Å². The Balaban J connectivity index is 1.61. The van der Waals surface area contributed by atoms with Gasteiger partial charge in [0.25, 0.3) is 5.91 Å². The summed E-state index contributed by atoms with van der Waals surface area (Å²) in [6, 6.07) is 15.3. The lowest BCUT2D eigenvalue weighted by Gasteiger charge is -2.03. The maximum Gasteiger partial charge on any atom is 0.267 e. The number of nitrogens with one attached hydrogen (secondary N) is 1. The topological polar surface area (TPSA) is 68.0 Å². The molecule has 0 radical (unpaired) electrons. The fourth-order valence-electron chi connectivity index (χ4n) is 2.62. The van der Waals surface area contributed by atoms with Gasteiger partial charge in [-0.2, -0.15) is 0 Å². The zero-order valence-corrected chi connectivity index (χ0v) is 14.6. The average Bonchev–Trinajstić information content (AvgIpc) is 3.17. The molecule has 0 aliphatic heterocycles. The van der Waals surface area contributed by atoms with Crippen LogP contribution in [0.15, 0.2) is 52.9 Å². The van der Waals surface area contributed by atoms with Crippen LogP contribution in [0.3, 0.4) is 0 Å². The van der Waals surface area contributed by atoms with Crippen molar-refractivity contribution in [2.24, 2.45) is 0 Å². The Kier molecular flexibility index (Phi) is 3.82. The van der Waals surface area contributed by atoms with E-state index in [1.54, 1.807) is 25.1 Å². The zero-order chi connectivity index (χ0) is 17.4. The highest BCUT2D eigenvalue weighted by atomic mass is 32.1. The molecule has 25 heavy (non-hydrogen) atoms. The first-order chi connectivity index (χ1) is 12.1. The van der Waals surface area contributed by atoms with Gasteiger partial charge in [-0.05, 0) is 25.1 Å². The molecule has 0 atom stereocenters. The summed E-state index contributed by atoms with van der Waals surface area (Å²) in [6.45, 7) is 3.64. The number of carbonyl (C=O) groups is 1. The molecule has 4 rings (SSSR count). The summed E-state index contributed by atoms with van der Waals surface area (Å²) in [4.78, 5) is 22.1. The zero-order valence-electron chi connectivity index (χ0n) is 13.7. The lowest BCUT2D eigenvalue weighted by Crippen LogP contribution is -2.11. The molecule has 1 amide bonds. The van der Waals surface area contributed by atoms with Crippen molar-refractivity contribution >= 4 is 34.0 Å². The summed E-state index contributed by atoms with van der Waals surface area (Å²) < 4.78 is 5.45. The number of amides is 1. The number of nitrogens with zero attached hydrogens (tertiary/aromatic N) is 2. The Morgan fingerprint density at radius 2 is 1.88 bits per heavy atom.